The molecule has 0 atom stereocenters. The summed E-state index contributed by atoms with van der Waals surface area (Å²) in [6.07, 6.45) is 0.991. The smallest absolute Gasteiger partial charge is 0.0663 e. The van der Waals surface area contributed by atoms with Gasteiger partial charge in [0, 0.05) is 16.6 Å². The SMILES string of the molecule is CCc1c(C)nn(-c2ccc(CCl)c(Cl)c2)c1C. The molecule has 0 radical (unpaired) electrons. The lowest BCUT2D eigenvalue weighted by atomic mass is 10.1. The Hall–Kier alpha value is -0.990. The lowest BCUT2D eigenvalue weighted by Gasteiger charge is -2.07. The van der Waals surface area contributed by atoms with E-state index in [2.05, 4.69) is 18.9 Å². The van der Waals surface area contributed by atoms with Gasteiger partial charge in [-0.25, -0.2) is 4.68 Å². The largest absolute Gasteiger partial charge is 0.238 e. The zero-order valence-electron chi connectivity index (χ0n) is 10.8. The zero-order chi connectivity index (χ0) is 13.3. The van der Waals surface area contributed by atoms with Gasteiger partial charge in [-0.2, -0.15) is 5.10 Å². The molecule has 0 fully saturated rings. The molecule has 96 valence electrons. The third-order valence-corrected chi connectivity index (χ3v) is 3.86. The van der Waals surface area contributed by atoms with Crippen LogP contribution < -0.4 is 0 Å². The Kier molecular flexibility index (Phi) is 3.98. The highest BCUT2D eigenvalue weighted by molar-refractivity contribution is 6.32. The quantitative estimate of drug-likeness (QED) is 0.761. The van der Waals surface area contributed by atoms with Gasteiger partial charge in [-0.1, -0.05) is 24.6 Å². The van der Waals surface area contributed by atoms with Gasteiger partial charge in [0.2, 0.25) is 0 Å². The molecular weight excluding hydrogens is 267 g/mol. The first-order valence-corrected chi connectivity index (χ1v) is 6.89. The first kappa shape index (κ1) is 13.4. The van der Waals surface area contributed by atoms with Crippen LogP contribution in [-0.4, -0.2) is 9.78 Å². The summed E-state index contributed by atoms with van der Waals surface area (Å²) >= 11 is 12.0. The van der Waals surface area contributed by atoms with Crippen molar-refractivity contribution in [2.45, 2.75) is 33.1 Å². The van der Waals surface area contributed by atoms with Crippen molar-refractivity contribution >= 4 is 23.2 Å². The minimum Gasteiger partial charge on any atom is -0.238 e. The molecule has 0 N–H and O–H groups in total. The molecule has 2 nitrogen and oxygen atoms in total. The molecule has 0 saturated carbocycles. The van der Waals surface area contributed by atoms with E-state index in [1.54, 1.807) is 0 Å². The van der Waals surface area contributed by atoms with Crippen LogP contribution in [0.1, 0.15) is 29.4 Å². The number of hydrogen-bond donors (Lipinski definition) is 0. The predicted molar refractivity (Wildman–Crippen MR) is 77.0 cm³/mol. The van der Waals surface area contributed by atoms with Crippen LogP contribution in [0.3, 0.4) is 0 Å². The van der Waals surface area contributed by atoms with E-state index in [0.29, 0.717) is 10.9 Å². The minimum absolute atomic E-state index is 0.427. The molecule has 0 bridgehead atoms. The summed E-state index contributed by atoms with van der Waals surface area (Å²) in [5.41, 5.74) is 5.47. The highest BCUT2D eigenvalue weighted by Gasteiger charge is 2.12. The fourth-order valence-electron chi connectivity index (χ4n) is 2.21. The lowest BCUT2D eigenvalue weighted by molar-refractivity contribution is 0.832. The van der Waals surface area contributed by atoms with Crippen LogP contribution in [0, 0.1) is 13.8 Å². The molecule has 0 aliphatic carbocycles. The monoisotopic (exact) mass is 282 g/mol. The van der Waals surface area contributed by atoms with Crippen molar-refractivity contribution < 1.29 is 0 Å². The summed E-state index contributed by atoms with van der Waals surface area (Å²) in [4.78, 5) is 0. The van der Waals surface area contributed by atoms with Gasteiger partial charge in [-0.15, -0.1) is 11.6 Å². The summed E-state index contributed by atoms with van der Waals surface area (Å²) in [7, 11) is 0. The second-order valence-corrected chi connectivity index (χ2v) is 5.00. The van der Waals surface area contributed by atoms with Gasteiger partial charge in [0.15, 0.2) is 0 Å². The van der Waals surface area contributed by atoms with Gasteiger partial charge >= 0.3 is 0 Å². The van der Waals surface area contributed by atoms with E-state index in [0.717, 1.165) is 23.4 Å². The summed E-state index contributed by atoms with van der Waals surface area (Å²) in [5, 5.41) is 5.26. The third kappa shape index (κ3) is 2.27. The van der Waals surface area contributed by atoms with Crippen LogP contribution in [0.25, 0.3) is 5.69 Å². The van der Waals surface area contributed by atoms with E-state index >= 15 is 0 Å². The lowest BCUT2D eigenvalue weighted by Crippen LogP contribution is -2.00. The maximum absolute atomic E-state index is 6.19. The maximum atomic E-state index is 6.19. The van der Waals surface area contributed by atoms with Crippen LogP contribution >= 0.6 is 23.2 Å². The highest BCUT2D eigenvalue weighted by atomic mass is 35.5. The average molecular weight is 283 g/mol. The molecule has 0 spiro atoms. The van der Waals surface area contributed by atoms with Crippen LogP contribution in [0.2, 0.25) is 5.02 Å². The fourth-order valence-corrected chi connectivity index (χ4v) is 2.76. The Balaban J connectivity index is 2.52. The molecule has 0 amide bonds. The maximum Gasteiger partial charge on any atom is 0.0663 e. The number of benzene rings is 1. The van der Waals surface area contributed by atoms with E-state index in [9.17, 15) is 0 Å². The van der Waals surface area contributed by atoms with Crippen molar-refractivity contribution in [2.24, 2.45) is 0 Å². The van der Waals surface area contributed by atoms with E-state index in [1.807, 2.05) is 29.8 Å². The second kappa shape index (κ2) is 5.33. The Bertz CT molecular complexity index is 573. The first-order valence-electron chi connectivity index (χ1n) is 5.98. The number of alkyl halides is 1. The standard InChI is InChI=1S/C14H16Cl2N2/c1-4-13-9(2)17-18(10(13)3)12-6-5-11(8-15)14(16)7-12/h5-7H,4,8H2,1-3H3. The molecule has 2 aromatic rings. The molecule has 1 aromatic carbocycles. The van der Waals surface area contributed by atoms with Crippen molar-refractivity contribution in [1.29, 1.82) is 0 Å². The minimum atomic E-state index is 0.427. The first-order chi connectivity index (χ1) is 8.58. The van der Waals surface area contributed by atoms with Crippen LogP contribution in [0.5, 0.6) is 0 Å². The van der Waals surface area contributed by atoms with Crippen molar-refractivity contribution in [1.82, 2.24) is 9.78 Å². The van der Waals surface area contributed by atoms with Gasteiger partial charge in [0.1, 0.15) is 0 Å². The summed E-state index contributed by atoms with van der Waals surface area (Å²) < 4.78 is 1.94. The third-order valence-electron chi connectivity index (χ3n) is 3.22. The number of nitrogens with zero attached hydrogens (tertiary/aromatic N) is 2. The van der Waals surface area contributed by atoms with Crippen molar-refractivity contribution in [3.8, 4) is 5.69 Å². The molecule has 0 aliphatic heterocycles. The predicted octanol–water partition coefficient (Wildman–Crippen LogP) is 4.44. The summed E-state index contributed by atoms with van der Waals surface area (Å²) in [6.45, 7) is 6.27. The van der Waals surface area contributed by atoms with E-state index in [-0.39, 0.29) is 0 Å². The fraction of sp³-hybridized carbons (Fsp3) is 0.357. The molecule has 4 heteroatoms. The van der Waals surface area contributed by atoms with Crippen molar-refractivity contribution in [3.63, 3.8) is 0 Å². The molecule has 2 rings (SSSR count). The van der Waals surface area contributed by atoms with E-state index in [4.69, 9.17) is 23.2 Å². The molecule has 0 saturated heterocycles. The van der Waals surface area contributed by atoms with E-state index < -0.39 is 0 Å². The molecule has 18 heavy (non-hydrogen) atoms. The van der Waals surface area contributed by atoms with Gasteiger partial charge in [0.05, 0.1) is 11.4 Å². The van der Waals surface area contributed by atoms with Crippen molar-refractivity contribution in [3.05, 3.63) is 45.7 Å². The number of halogens is 2. The van der Waals surface area contributed by atoms with Crippen molar-refractivity contribution in [2.75, 3.05) is 0 Å². The van der Waals surface area contributed by atoms with Gasteiger partial charge in [-0.05, 0) is 43.5 Å². The van der Waals surface area contributed by atoms with Gasteiger partial charge in [-0.3, -0.25) is 0 Å². The average Bonchev–Trinajstić information content (AvgIpc) is 2.64. The highest BCUT2D eigenvalue weighted by Crippen LogP contribution is 2.24. The number of hydrogen-bond acceptors (Lipinski definition) is 1. The Labute approximate surface area is 118 Å². The molecule has 0 aliphatic rings. The number of aryl methyl sites for hydroxylation is 1. The Morgan fingerprint density at radius 3 is 2.50 bits per heavy atom. The molecule has 1 heterocycles. The topological polar surface area (TPSA) is 17.8 Å². The van der Waals surface area contributed by atoms with Crippen LogP contribution in [-0.2, 0) is 12.3 Å². The van der Waals surface area contributed by atoms with E-state index in [1.165, 1.54) is 11.3 Å². The summed E-state index contributed by atoms with van der Waals surface area (Å²) in [6, 6.07) is 5.87. The number of aromatic nitrogens is 2. The van der Waals surface area contributed by atoms with Gasteiger partial charge in [0.25, 0.3) is 0 Å². The second-order valence-electron chi connectivity index (χ2n) is 4.32. The normalized spacial score (nSPS) is 10.9. The Morgan fingerprint density at radius 2 is 2.00 bits per heavy atom. The molecule has 0 unspecified atom stereocenters. The Morgan fingerprint density at radius 1 is 1.28 bits per heavy atom. The molecule has 1 aromatic heterocycles. The van der Waals surface area contributed by atoms with Gasteiger partial charge < -0.3 is 0 Å². The number of rotatable bonds is 3. The van der Waals surface area contributed by atoms with Crippen LogP contribution in [0.15, 0.2) is 18.2 Å². The summed E-state index contributed by atoms with van der Waals surface area (Å²) in [5.74, 6) is 0.427. The van der Waals surface area contributed by atoms with Crippen LogP contribution in [0.4, 0.5) is 0 Å². The zero-order valence-corrected chi connectivity index (χ0v) is 12.3. The molecular formula is C14H16Cl2N2.